The first kappa shape index (κ1) is 16.0. The lowest BCUT2D eigenvalue weighted by molar-refractivity contribution is 0.340. The topological polar surface area (TPSA) is 38.6 Å². The predicted octanol–water partition coefficient (Wildman–Crippen LogP) is 5.14. The van der Waals surface area contributed by atoms with Gasteiger partial charge >= 0.3 is 0 Å². The van der Waals surface area contributed by atoms with Crippen LogP contribution in [0.5, 0.6) is 5.75 Å². The number of anilines is 1. The summed E-state index contributed by atoms with van der Waals surface area (Å²) in [6.45, 7) is 2.68. The van der Waals surface area contributed by atoms with Gasteiger partial charge in [-0.2, -0.15) is 0 Å². The summed E-state index contributed by atoms with van der Waals surface area (Å²) in [6.07, 6.45) is 8.55. The van der Waals surface area contributed by atoms with E-state index >= 15 is 0 Å². The van der Waals surface area contributed by atoms with E-state index in [0.29, 0.717) is 12.6 Å². The van der Waals surface area contributed by atoms with Gasteiger partial charge < -0.3 is 10.1 Å². The molecule has 0 saturated heterocycles. The van der Waals surface area contributed by atoms with Crippen molar-refractivity contribution < 1.29 is 4.74 Å². The normalized spacial score (nSPS) is 15.4. The molecule has 25 heavy (non-hydrogen) atoms. The molecule has 2 aromatic heterocycles. The zero-order valence-electron chi connectivity index (χ0n) is 14.7. The molecule has 1 saturated carbocycles. The van der Waals surface area contributed by atoms with E-state index in [4.69, 9.17) is 9.72 Å². The lowest BCUT2D eigenvalue weighted by Crippen LogP contribution is -2.23. The van der Waals surface area contributed by atoms with Crippen molar-refractivity contribution in [3.8, 4) is 17.0 Å². The highest BCUT2D eigenvalue weighted by Crippen LogP contribution is 2.32. The number of aromatic nitrogens is 2. The molecule has 2 heterocycles. The van der Waals surface area contributed by atoms with Gasteiger partial charge in [0.05, 0.1) is 6.61 Å². The molecule has 4 rings (SSSR count). The van der Waals surface area contributed by atoms with E-state index in [9.17, 15) is 0 Å². The monoisotopic (exact) mass is 335 g/mol. The third kappa shape index (κ3) is 3.34. The molecule has 3 aromatic rings. The summed E-state index contributed by atoms with van der Waals surface area (Å²) >= 11 is 0. The zero-order valence-corrected chi connectivity index (χ0v) is 14.7. The number of ether oxygens (including phenoxy) is 1. The van der Waals surface area contributed by atoms with Crippen LogP contribution in [0.3, 0.4) is 0 Å². The maximum Gasteiger partial charge on any atom is 0.139 e. The van der Waals surface area contributed by atoms with Gasteiger partial charge in [-0.1, -0.05) is 25.3 Å². The summed E-state index contributed by atoms with van der Waals surface area (Å²) in [7, 11) is 0. The van der Waals surface area contributed by atoms with Gasteiger partial charge in [-0.3, -0.25) is 4.40 Å². The second-order valence-electron chi connectivity index (χ2n) is 6.67. The smallest absolute Gasteiger partial charge is 0.139 e. The zero-order chi connectivity index (χ0) is 17.1. The van der Waals surface area contributed by atoms with Crippen LogP contribution in [0.1, 0.15) is 39.0 Å². The summed E-state index contributed by atoms with van der Waals surface area (Å²) in [6, 6.07) is 14.9. The summed E-state index contributed by atoms with van der Waals surface area (Å²) in [5.74, 6) is 2.00. The number of pyridine rings is 1. The Morgan fingerprint density at radius 3 is 2.64 bits per heavy atom. The van der Waals surface area contributed by atoms with Crippen molar-refractivity contribution in [3.63, 3.8) is 0 Å². The standard InChI is InChI=1S/C21H25N3O/c1-2-25-18-13-11-16(12-14-18)20-21(22-17-8-4-3-5-9-17)24-15-7-6-10-19(24)23-20/h6-7,10-15,17,22H,2-5,8-9H2,1H3. The highest BCUT2D eigenvalue weighted by Gasteiger charge is 2.19. The minimum Gasteiger partial charge on any atom is -0.494 e. The van der Waals surface area contributed by atoms with E-state index in [1.54, 1.807) is 0 Å². The van der Waals surface area contributed by atoms with Gasteiger partial charge in [0.25, 0.3) is 0 Å². The largest absolute Gasteiger partial charge is 0.494 e. The molecule has 0 spiro atoms. The Labute approximate surface area is 148 Å². The van der Waals surface area contributed by atoms with Gasteiger partial charge in [0.2, 0.25) is 0 Å². The third-order valence-corrected chi connectivity index (χ3v) is 4.91. The first-order valence-corrected chi connectivity index (χ1v) is 9.32. The van der Waals surface area contributed by atoms with Crippen molar-refractivity contribution >= 4 is 11.5 Å². The van der Waals surface area contributed by atoms with Crippen LogP contribution in [0, 0.1) is 0 Å². The van der Waals surface area contributed by atoms with Gasteiger partial charge in [0.15, 0.2) is 0 Å². The number of benzene rings is 1. The van der Waals surface area contributed by atoms with E-state index in [0.717, 1.165) is 28.5 Å². The Bertz CT molecular complexity index is 832. The van der Waals surface area contributed by atoms with Crippen molar-refractivity contribution in [1.82, 2.24) is 9.38 Å². The minimum absolute atomic E-state index is 0.537. The van der Waals surface area contributed by atoms with Crippen LogP contribution in [0.15, 0.2) is 48.7 Å². The molecule has 1 fully saturated rings. The average molecular weight is 335 g/mol. The van der Waals surface area contributed by atoms with E-state index in [1.165, 1.54) is 32.1 Å². The third-order valence-electron chi connectivity index (χ3n) is 4.91. The Morgan fingerprint density at radius 1 is 1.08 bits per heavy atom. The van der Waals surface area contributed by atoms with Crippen molar-refractivity contribution in [2.45, 2.75) is 45.1 Å². The van der Waals surface area contributed by atoms with Crippen LogP contribution in [0.4, 0.5) is 5.82 Å². The van der Waals surface area contributed by atoms with Crippen molar-refractivity contribution in [2.75, 3.05) is 11.9 Å². The molecule has 4 heteroatoms. The molecular formula is C21H25N3O. The molecule has 1 aliphatic carbocycles. The summed E-state index contributed by atoms with van der Waals surface area (Å²) in [4.78, 5) is 4.88. The fourth-order valence-corrected chi connectivity index (χ4v) is 3.65. The van der Waals surface area contributed by atoms with Gasteiger partial charge in [-0.25, -0.2) is 4.98 Å². The Morgan fingerprint density at radius 2 is 1.88 bits per heavy atom. The molecule has 0 bridgehead atoms. The molecule has 0 radical (unpaired) electrons. The van der Waals surface area contributed by atoms with Crippen molar-refractivity contribution in [3.05, 3.63) is 48.7 Å². The number of hydrogen-bond acceptors (Lipinski definition) is 3. The van der Waals surface area contributed by atoms with Crippen LogP contribution in [0.2, 0.25) is 0 Å². The van der Waals surface area contributed by atoms with Crippen molar-refractivity contribution in [2.24, 2.45) is 0 Å². The Hall–Kier alpha value is -2.49. The minimum atomic E-state index is 0.537. The Kier molecular flexibility index (Phi) is 4.59. The van der Waals surface area contributed by atoms with E-state index < -0.39 is 0 Å². The number of hydrogen-bond donors (Lipinski definition) is 1. The molecule has 4 nitrogen and oxygen atoms in total. The second kappa shape index (κ2) is 7.18. The molecule has 1 aromatic carbocycles. The molecule has 130 valence electrons. The van der Waals surface area contributed by atoms with Gasteiger partial charge in [0.1, 0.15) is 22.9 Å². The highest BCUT2D eigenvalue weighted by molar-refractivity contribution is 5.77. The number of rotatable bonds is 5. The van der Waals surface area contributed by atoms with Crippen LogP contribution in [-0.4, -0.2) is 22.0 Å². The first-order chi connectivity index (χ1) is 12.3. The fourth-order valence-electron chi connectivity index (χ4n) is 3.65. The highest BCUT2D eigenvalue weighted by atomic mass is 16.5. The molecule has 1 N–H and O–H groups in total. The molecule has 0 amide bonds. The van der Waals surface area contributed by atoms with Gasteiger partial charge in [-0.05, 0) is 56.2 Å². The second-order valence-corrected chi connectivity index (χ2v) is 6.67. The molecule has 0 unspecified atom stereocenters. The first-order valence-electron chi connectivity index (χ1n) is 9.32. The lowest BCUT2D eigenvalue weighted by atomic mass is 9.95. The molecule has 0 aliphatic heterocycles. The summed E-state index contributed by atoms with van der Waals surface area (Å²) in [5.41, 5.74) is 3.11. The van der Waals surface area contributed by atoms with E-state index in [2.05, 4.69) is 40.2 Å². The van der Waals surface area contributed by atoms with Crippen LogP contribution < -0.4 is 10.1 Å². The summed E-state index contributed by atoms with van der Waals surface area (Å²) in [5, 5.41) is 3.78. The van der Waals surface area contributed by atoms with E-state index in [-0.39, 0.29) is 0 Å². The van der Waals surface area contributed by atoms with Crippen molar-refractivity contribution in [1.29, 1.82) is 0 Å². The fraction of sp³-hybridized carbons (Fsp3) is 0.381. The molecule has 0 atom stereocenters. The Balaban J connectivity index is 1.72. The summed E-state index contributed by atoms with van der Waals surface area (Å²) < 4.78 is 7.73. The number of imidazole rings is 1. The number of fused-ring (bicyclic) bond motifs is 1. The maximum absolute atomic E-state index is 5.57. The average Bonchev–Trinajstić information content (AvgIpc) is 3.02. The molecular weight excluding hydrogens is 310 g/mol. The predicted molar refractivity (Wildman–Crippen MR) is 102 cm³/mol. The SMILES string of the molecule is CCOc1ccc(-c2nc3ccccn3c2NC2CCCCC2)cc1. The number of nitrogens with one attached hydrogen (secondary N) is 1. The van der Waals surface area contributed by atoms with Crippen LogP contribution >= 0.6 is 0 Å². The quantitative estimate of drug-likeness (QED) is 0.701. The molecule has 1 aliphatic rings. The number of nitrogens with zero attached hydrogens (tertiary/aromatic N) is 2. The maximum atomic E-state index is 5.57. The lowest BCUT2D eigenvalue weighted by Gasteiger charge is -2.24. The van der Waals surface area contributed by atoms with Gasteiger partial charge in [-0.15, -0.1) is 0 Å². The van der Waals surface area contributed by atoms with Crippen LogP contribution in [-0.2, 0) is 0 Å². The van der Waals surface area contributed by atoms with Gasteiger partial charge in [0, 0.05) is 17.8 Å². The van der Waals surface area contributed by atoms with E-state index in [1.807, 2.05) is 25.1 Å². The van der Waals surface area contributed by atoms with Crippen LogP contribution in [0.25, 0.3) is 16.9 Å².